The summed E-state index contributed by atoms with van der Waals surface area (Å²) in [6.07, 6.45) is 7.14. The highest BCUT2D eigenvalue weighted by atomic mass is 16.3. The van der Waals surface area contributed by atoms with Gasteiger partial charge in [0.1, 0.15) is 5.75 Å². The Morgan fingerprint density at radius 2 is 1.88 bits per heavy atom. The average Bonchev–Trinajstić information content (AvgIpc) is 3.06. The first kappa shape index (κ1) is 16.5. The lowest BCUT2D eigenvalue weighted by molar-refractivity contribution is 0.204. The Hall–Kier alpha value is -2.39. The van der Waals surface area contributed by atoms with Crippen molar-refractivity contribution in [3.8, 4) is 5.75 Å². The first-order valence-corrected chi connectivity index (χ1v) is 8.27. The smallest absolute Gasteiger partial charge is 0.115 e. The highest BCUT2D eigenvalue weighted by Crippen LogP contribution is 2.46. The Labute approximate surface area is 143 Å². The van der Waals surface area contributed by atoms with Crippen molar-refractivity contribution in [3.05, 3.63) is 77.9 Å². The number of nitrogens with zero attached hydrogens (tertiary/aromatic N) is 1. The van der Waals surface area contributed by atoms with E-state index >= 15 is 0 Å². The minimum Gasteiger partial charge on any atom is -0.508 e. The summed E-state index contributed by atoms with van der Waals surface area (Å²) in [6, 6.07) is 17.7. The fourth-order valence-electron chi connectivity index (χ4n) is 3.70. The summed E-state index contributed by atoms with van der Waals surface area (Å²) in [6.45, 7) is 2.22. The molecule has 1 aliphatic rings. The molecule has 2 atom stereocenters. The summed E-state index contributed by atoms with van der Waals surface area (Å²) in [4.78, 5) is 4.75. The van der Waals surface area contributed by atoms with Crippen LogP contribution in [-0.4, -0.2) is 28.6 Å². The number of hydrogen-bond donors (Lipinski definition) is 2. The Morgan fingerprint density at radius 3 is 2.50 bits per heavy atom. The van der Waals surface area contributed by atoms with Crippen molar-refractivity contribution in [1.82, 2.24) is 0 Å². The Morgan fingerprint density at radius 1 is 1.08 bits per heavy atom. The number of aromatic hydroxyl groups is 1. The van der Waals surface area contributed by atoms with Crippen LogP contribution in [0.3, 0.4) is 0 Å². The summed E-state index contributed by atoms with van der Waals surface area (Å²) in [5.41, 5.74) is 1.31. The number of hydrogen-bond acceptors (Lipinski definition) is 3. The van der Waals surface area contributed by atoms with Crippen molar-refractivity contribution in [2.24, 2.45) is 4.99 Å². The van der Waals surface area contributed by atoms with Crippen LogP contribution in [0.25, 0.3) is 0 Å². The number of aliphatic hydroxyl groups is 1. The number of phenols is 1. The number of phenolic OH excluding ortho intramolecular Hbond substituents is 1. The van der Waals surface area contributed by atoms with Crippen LogP contribution in [0.1, 0.15) is 24.5 Å². The van der Waals surface area contributed by atoms with Crippen LogP contribution < -0.4 is 0 Å². The van der Waals surface area contributed by atoms with E-state index in [4.69, 9.17) is 4.99 Å². The van der Waals surface area contributed by atoms with Crippen LogP contribution in [0.4, 0.5) is 0 Å². The van der Waals surface area contributed by atoms with Gasteiger partial charge < -0.3 is 10.2 Å². The van der Waals surface area contributed by atoms with Crippen LogP contribution in [0.5, 0.6) is 5.75 Å². The molecule has 0 spiro atoms. The van der Waals surface area contributed by atoms with E-state index < -0.39 is 5.54 Å². The van der Waals surface area contributed by atoms with Gasteiger partial charge in [-0.15, -0.1) is 0 Å². The molecule has 2 aromatic carbocycles. The molecule has 3 heteroatoms. The molecule has 3 rings (SSSR count). The van der Waals surface area contributed by atoms with Crippen LogP contribution in [-0.2, 0) is 11.8 Å². The molecule has 0 aliphatic carbocycles. The lowest BCUT2D eigenvalue weighted by Crippen LogP contribution is -2.48. The van der Waals surface area contributed by atoms with Crippen molar-refractivity contribution in [2.75, 3.05) is 6.61 Å². The molecule has 0 amide bonds. The number of aliphatic hydroxyl groups excluding tert-OH is 1. The summed E-state index contributed by atoms with van der Waals surface area (Å²) < 4.78 is 0. The van der Waals surface area contributed by atoms with E-state index in [0.29, 0.717) is 6.42 Å². The zero-order valence-electron chi connectivity index (χ0n) is 13.9. The number of benzene rings is 2. The average molecular weight is 321 g/mol. The molecular weight excluding hydrogens is 298 g/mol. The molecule has 0 bridgehead atoms. The highest BCUT2D eigenvalue weighted by molar-refractivity contribution is 5.76. The van der Waals surface area contributed by atoms with E-state index in [-0.39, 0.29) is 17.8 Å². The van der Waals surface area contributed by atoms with Crippen molar-refractivity contribution >= 4 is 6.21 Å². The molecule has 2 unspecified atom stereocenters. The van der Waals surface area contributed by atoms with Gasteiger partial charge in [0.2, 0.25) is 0 Å². The van der Waals surface area contributed by atoms with Crippen molar-refractivity contribution in [3.63, 3.8) is 0 Å². The zero-order chi connectivity index (χ0) is 17.0. The molecule has 0 aromatic heterocycles. The maximum absolute atomic E-state index is 9.99. The molecule has 0 radical (unpaired) electrons. The second kappa shape index (κ2) is 6.62. The highest BCUT2D eigenvalue weighted by Gasteiger charge is 2.48. The Kier molecular flexibility index (Phi) is 4.54. The van der Waals surface area contributed by atoms with Gasteiger partial charge in [-0.3, -0.25) is 4.99 Å². The SMILES string of the molecule is CC(Cc1ccccc1)(c1cccc(O)c1)C1(CCO)C=CC=N1. The maximum Gasteiger partial charge on any atom is 0.115 e. The van der Waals surface area contributed by atoms with Gasteiger partial charge in [0.15, 0.2) is 0 Å². The van der Waals surface area contributed by atoms with Crippen LogP contribution >= 0.6 is 0 Å². The van der Waals surface area contributed by atoms with Gasteiger partial charge in [0.05, 0.1) is 5.54 Å². The minimum absolute atomic E-state index is 0.0604. The second-order valence-corrected chi connectivity index (χ2v) is 6.58. The fraction of sp³-hybridized carbons (Fsp3) is 0.286. The molecule has 2 aromatic rings. The maximum atomic E-state index is 9.99. The van der Waals surface area contributed by atoms with E-state index in [9.17, 15) is 10.2 Å². The zero-order valence-corrected chi connectivity index (χ0v) is 13.9. The summed E-state index contributed by atoms with van der Waals surface area (Å²) >= 11 is 0. The Bertz CT molecular complexity index is 739. The van der Waals surface area contributed by atoms with Crippen molar-refractivity contribution < 1.29 is 10.2 Å². The largest absolute Gasteiger partial charge is 0.508 e. The van der Waals surface area contributed by atoms with Crippen LogP contribution in [0.2, 0.25) is 0 Å². The quantitative estimate of drug-likeness (QED) is 0.853. The van der Waals surface area contributed by atoms with Gasteiger partial charge in [-0.2, -0.15) is 0 Å². The summed E-state index contributed by atoms with van der Waals surface area (Å²) in [5.74, 6) is 0.247. The number of aliphatic imine (C=N–C) groups is 1. The predicted molar refractivity (Wildman–Crippen MR) is 97.7 cm³/mol. The number of allylic oxidation sites excluding steroid dienone is 1. The standard InChI is InChI=1S/C21H23NO2/c1-20(16-17-7-3-2-4-8-17,18-9-5-10-19(24)15-18)21(12-14-23)11-6-13-22-21/h2-11,13,15,23-24H,12,14,16H2,1H3. The van der Waals surface area contributed by atoms with Crippen LogP contribution in [0, 0.1) is 0 Å². The van der Waals surface area contributed by atoms with Gasteiger partial charge in [-0.25, -0.2) is 0 Å². The molecular formula is C21H23NO2. The fourth-order valence-corrected chi connectivity index (χ4v) is 3.70. The minimum atomic E-state index is -0.522. The van der Waals surface area contributed by atoms with E-state index in [1.807, 2.05) is 48.7 Å². The third-order valence-corrected chi connectivity index (χ3v) is 5.10. The van der Waals surface area contributed by atoms with E-state index in [1.54, 1.807) is 6.07 Å². The molecule has 1 aliphatic heterocycles. The first-order valence-electron chi connectivity index (χ1n) is 8.27. The first-order chi connectivity index (χ1) is 11.6. The van der Waals surface area contributed by atoms with E-state index in [1.165, 1.54) is 5.56 Å². The molecule has 1 heterocycles. The molecule has 2 N–H and O–H groups in total. The van der Waals surface area contributed by atoms with E-state index in [0.717, 1.165) is 12.0 Å². The van der Waals surface area contributed by atoms with E-state index in [2.05, 4.69) is 25.1 Å². The van der Waals surface area contributed by atoms with Crippen LogP contribution in [0.15, 0.2) is 71.7 Å². The number of rotatable bonds is 6. The molecule has 24 heavy (non-hydrogen) atoms. The summed E-state index contributed by atoms with van der Waals surface area (Å²) in [7, 11) is 0. The van der Waals surface area contributed by atoms with Gasteiger partial charge in [-0.1, -0.05) is 55.5 Å². The molecule has 0 saturated heterocycles. The van der Waals surface area contributed by atoms with Gasteiger partial charge in [-0.05, 0) is 35.8 Å². The molecule has 3 nitrogen and oxygen atoms in total. The van der Waals surface area contributed by atoms with Gasteiger partial charge in [0, 0.05) is 24.7 Å². The predicted octanol–water partition coefficient (Wildman–Crippen LogP) is 3.65. The van der Waals surface area contributed by atoms with Gasteiger partial charge >= 0.3 is 0 Å². The molecule has 124 valence electrons. The third-order valence-electron chi connectivity index (χ3n) is 5.10. The lowest BCUT2D eigenvalue weighted by Gasteiger charge is -2.44. The van der Waals surface area contributed by atoms with Crippen molar-refractivity contribution in [1.29, 1.82) is 0 Å². The molecule has 0 saturated carbocycles. The Balaban J connectivity index is 2.13. The summed E-state index contributed by atoms with van der Waals surface area (Å²) in [5, 5.41) is 19.7. The van der Waals surface area contributed by atoms with Gasteiger partial charge in [0.25, 0.3) is 0 Å². The lowest BCUT2D eigenvalue weighted by atomic mass is 9.62. The monoisotopic (exact) mass is 321 g/mol. The topological polar surface area (TPSA) is 52.8 Å². The normalized spacial score (nSPS) is 21.8. The third kappa shape index (κ3) is 2.87. The molecule has 0 fully saturated rings. The second-order valence-electron chi connectivity index (χ2n) is 6.58. The van der Waals surface area contributed by atoms with Crippen molar-refractivity contribution in [2.45, 2.75) is 30.7 Å².